The minimum atomic E-state index is -2.07. The van der Waals surface area contributed by atoms with Crippen LogP contribution in [0.4, 0.5) is 0 Å². The van der Waals surface area contributed by atoms with Gasteiger partial charge in [-0.05, 0) is 31.0 Å². The number of rotatable bonds is 6. The minimum Gasteiger partial charge on any atom is -0.330 e. The fraction of sp³-hybridized carbons (Fsp3) is 0.500. The lowest BCUT2D eigenvalue weighted by atomic mass is 9.87. The van der Waals surface area contributed by atoms with E-state index in [-0.39, 0.29) is 5.78 Å². The summed E-state index contributed by atoms with van der Waals surface area (Å²) < 4.78 is 23.1. The first kappa shape index (κ1) is 15.3. The zero-order chi connectivity index (χ0) is 14.6. The molecule has 1 saturated carbocycles. The maximum atomic E-state index is 11.9. The molecule has 6 heteroatoms. The predicted octanol–water partition coefficient (Wildman–Crippen LogP) is 1.71. The predicted molar refractivity (Wildman–Crippen MR) is 78.5 cm³/mol. The molecule has 0 bridgehead atoms. The molecule has 1 atom stereocenters. The van der Waals surface area contributed by atoms with Crippen LogP contribution >= 0.6 is 0 Å². The normalized spacial score (nSPS) is 18.9. The second-order valence-electron chi connectivity index (χ2n) is 5.18. The molecular weight excluding hydrogens is 276 g/mol. The van der Waals surface area contributed by atoms with Gasteiger partial charge in [0.2, 0.25) is 11.3 Å². The standard InChI is InChI=1S/C14H20N2O3S/c15-9-6-13(17)11-4-3-5-12(10-11)14(16-20(18)19)7-1-2-8-14/h3-5,10,16H,1-2,6-9,15H2,(H,18,19). The van der Waals surface area contributed by atoms with Gasteiger partial charge in [-0.3, -0.25) is 9.35 Å². The fourth-order valence-electron chi connectivity index (χ4n) is 2.86. The lowest BCUT2D eigenvalue weighted by Gasteiger charge is -2.29. The molecule has 110 valence electrons. The van der Waals surface area contributed by atoms with Gasteiger partial charge in [-0.1, -0.05) is 31.0 Å². The van der Waals surface area contributed by atoms with Crippen LogP contribution in [-0.2, 0) is 16.8 Å². The van der Waals surface area contributed by atoms with Crippen molar-refractivity contribution in [3.63, 3.8) is 0 Å². The van der Waals surface area contributed by atoms with E-state index in [1.54, 1.807) is 6.07 Å². The number of hydrogen-bond donors (Lipinski definition) is 3. The lowest BCUT2D eigenvalue weighted by molar-refractivity contribution is 0.0985. The molecule has 0 heterocycles. The van der Waals surface area contributed by atoms with E-state index in [1.807, 2.05) is 18.2 Å². The summed E-state index contributed by atoms with van der Waals surface area (Å²) in [5.74, 6) is 0.00705. The van der Waals surface area contributed by atoms with Crippen LogP contribution in [0.2, 0.25) is 0 Å². The van der Waals surface area contributed by atoms with Gasteiger partial charge in [-0.15, -0.1) is 0 Å². The first-order valence-corrected chi connectivity index (χ1v) is 7.90. The Bertz CT molecular complexity index is 513. The van der Waals surface area contributed by atoms with Gasteiger partial charge in [-0.25, -0.2) is 8.93 Å². The second kappa shape index (κ2) is 6.58. The van der Waals surface area contributed by atoms with Crippen molar-refractivity contribution in [1.29, 1.82) is 0 Å². The molecule has 0 radical (unpaired) electrons. The van der Waals surface area contributed by atoms with E-state index in [2.05, 4.69) is 4.72 Å². The van der Waals surface area contributed by atoms with Gasteiger partial charge in [0.1, 0.15) is 0 Å². The third kappa shape index (κ3) is 3.32. The van der Waals surface area contributed by atoms with Crippen LogP contribution in [0.15, 0.2) is 24.3 Å². The molecule has 0 spiro atoms. The highest BCUT2D eigenvalue weighted by atomic mass is 32.2. The van der Waals surface area contributed by atoms with Crippen molar-refractivity contribution in [3.05, 3.63) is 35.4 Å². The molecule has 0 saturated heterocycles. The van der Waals surface area contributed by atoms with Gasteiger partial charge in [0, 0.05) is 12.0 Å². The number of benzene rings is 1. The van der Waals surface area contributed by atoms with Crippen molar-refractivity contribution >= 4 is 17.0 Å². The van der Waals surface area contributed by atoms with Crippen LogP contribution in [0, 0.1) is 0 Å². The van der Waals surface area contributed by atoms with Crippen LogP contribution in [0.3, 0.4) is 0 Å². The summed E-state index contributed by atoms with van der Waals surface area (Å²) in [6, 6.07) is 7.31. The van der Waals surface area contributed by atoms with Crippen LogP contribution in [0.5, 0.6) is 0 Å². The van der Waals surface area contributed by atoms with Gasteiger partial charge in [0.25, 0.3) is 0 Å². The average Bonchev–Trinajstić information content (AvgIpc) is 2.88. The van der Waals surface area contributed by atoms with Gasteiger partial charge in [0.15, 0.2) is 5.78 Å². The zero-order valence-corrected chi connectivity index (χ0v) is 12.1. The first-order valence-electron chi connectivity index (χ1n) is 6.80. The molecule has 1 fully saturated rings. The first-order chi connectivity index (χ1) is 9.57. The number of carbonyl (C=O) groups excluding carboxylic acids is 1. The number of hydrogen-bond acceptors (Lipinski definition) is 3. The van der Waals surface area contributed by atoms with E-state index in [0.717, 1.165) is 31.2 Å². The Morgan fingerprint density at radius 2 is 2.10 bits per heavy atom. The Morgan fingerprint density at radius 3 is 2.70 bits per heavy atom. The summed E-state index contributed by atoms with van der Waals surface area (Å²) in [5.41, 5.74) is 6.43. The monoisotopic (exact) mass is 296 g/mol. The smallest absolute Gasteiger partial charge is 0.232 e. The molecule has 1 unspecified atom stereocenters. The molecule has 4 N–H and O–H groups in total. The van der Waals surface area contributed by atoms with Crippen molar-refractivity contribution in [2.75, 3.05) is 6.54 Å². The number of carbonyl (C=O) groups is 1. The van der Waals surface area contributed by atoms with E-state index in [9.17, 15) is 13.6 Å². The molecule has 1 aliphatic rings. The van der Waals surface area contributed by atoms with Crippen molar-refractivity contribution in [1.82, 2.24) is 4.72 Å². The summed E-state index contributed by atoms with van der Waals surface area (Å²) >= 11 is -2.07. The number of nitrogens with two attached hydrogens (primary N) is 1. The lowest BCUT2D eigenvalue weighted by Crippen LogP contribution is -2.40. The van der Waals surface area contributed by atoms with Crippen molar-refractivity contribution in [2.45, 2.75) is 37.6 Å². The largest absolute Gasteiger partial charge is 0.330 e. The Labute approximate surface area is 121 Å². The Kier molecular flexibility index (Phi) is 5.04. The van der Waals surface area contributed by atoms with Gasteiger partial charge in [-0.2, -0.15) is 0 Å². The SMILES string of the molecule is NCCC(=O)c1cccc(C2(NS(=O)O)CCCC2)c1. The van der Waals surface area contributed by atoms with Crippen LogP contribution in [-0.4, -0.2) is 21.1 Å². The average molecular weight is 296 g/mol. The van der Waals surface area contributed by atoms with E-state index in [1.165, 1.54) is 0 Å². The Hall–Kier alpha value is -1.08. The molecule has 1 aromatic carbocycles. The van der Waals surface area contributed by atoms with Crippen LogP contribution < -0.4 is 10.5 Å². The zero-order valence-electron chi connectivity index (χ0n) is 11.3. The van der Waals surface area contributed by atoms with Crippen molar-refractivity contribution in [2.24, 2.45) is 5.73 Å². The number of nitrogens with one attached hydrogen (secondary N) is 1. The summed E-state index contributed by atoms with van der Waals surface area (Å²) in [6.07, 6.45) is 3.92. The summed E-state index contributed by atoms with van der Waals surface area (Å²) in [5, 5.41) is 0. The highest BCUT2D eigenvalue weighted by molar-refractivity contribution is 7.77. The van der Waals surface area contributed by atoms with E-state index in [0.29, 0.717) is 18.5 Å². The van der Waals surface area contributed by atoms with Crippen LogP contribution in [0.25, 0.3) is 0 Å². The second-order valence-corrected chi connectivity index (χ2v) is 5.89. The molecule has 1 aromatic rings. The molecule has 0 amide bonds. The number of Topliss-reactive ketones (excluding diaryl/α,β-unsaturated/α-hetero) is 1. The minimum absolute atomic E-state index is 0.00705. The molecule has 2 rings (SSSR count). The molecule has 5 nitrogen and oxygen atoms in total. The maximum absolute atomic E-state index is 11.9. The Balaban J connectivity index is 2.32. The van der Waals surface area contributed by atoms with E-state index in [4.69, 9.17) is 5.73 Å². The summed E-state index contributed by atoms with van der Waals surface area (Å²) in [6.45, 7) is 0.326. The molecular formula is C14H20N2O3S. The van der Waals surface area contributed by atoms with Crippen molar-refractivity contribution in [3.8, 4) is 0 Å². The molecule has 0 aromatic heterocycles. The van der Waals surface area contributed by atoms with Gasteiger partial charge in [0.05, 0.1) is 5.54 Å². The topological polar surface area (TPSA) is 92.4 Å². The van der Waals surface area contributed by atoms with E-state index < -0.39 is 16.8 Å². The highest BCUT2D eigenvalue weighted by Gasteiger charge is 2.37. The van der Waals surface area contributed by atoms with Crippen molar-refractivity contribution < 1.29 is 13.6 Å². The third-order valence-corrected chi connectivity index (χ3v) is 4.41. The van der Waals surface area contributed by atoms with E-state index >= 15 is 0 Å². The quantitative estimate of drug-likeness (QED) is 0.550. The summed E-state index contributed by atoms with van der Waals surface area (Å²) in [7, 11) is 0. The third-order valence-electron chi connectivity index (χ3n) is 3.85. The molecule has 0 aliphatic heterocycles. The highest BCUT2D eigenvalue weighted by Crippen LogP contribution is 2.39. The van der Waals surface area contributed by atoms with Gasteiger partial charge >= 0.3 is 0 Å². The number of ketones is 1. The maximum Gasteiger partial charge on any atom is 0.232 e. The van der Waals surface area contributed by atoms with Crippen LogP contribution in [0.1, 0.15) is 48.0 Å². The molecule has 20 heavy (non-hydrogen) atoms. The van der Waals surface area contributed by atoms with Gasteiger partial charge < -0.3 is 5.73 Å². The fourth-order valence-corrected chi connectivity index (χ4v) is 3.52. The molecule has 1 aliphatic carbocycles. The summed E-state index contributed by atoms with van der Waals surface area (Å²) in [4.78, 5) is 11.9. The Morgan fingerprint density at radius 1 is 1.40 bits per heavy atom.